The molecular weight excluding hydrogens is 314 g/mol. The number of hydrogen-bond acceptors (Lipinski definition) is 5. The van der Waals surface area contributed by atoms with Gasteiger partial charge in [0.25, 0.3) is 5.91 Å². The van der Waals surface area contributed by atoms with E-state index in [9.17, 15) is 4.79 Å². The van der Waals surface area contributed by atoms with E-state index < -0.39 is 0 Å². The molecule has 0 aliphatic heterocycles. The highest BCUT2D eigenvalue weighted by molar-refractivity contribution is 6.11. The van der Waals surface area contributed by atoms with Gasteiger partial charge < -0.3 is 5.32 Å². The number of anilines is 1. The van der Waals surface area contributed by atoms with Crippen LogP contribution in [-0.4, -0.2) is 25.8 Å². The molecule has 0 saturated carbocycles. The minimum Gasteiger partial charge on any atom is -0.321 e. The molecule has 4 rings (SSSR count). The van der Waals surface area contributed by atoms with Gasteiger partial charge in [0.1, 0.15) is 0 Å². The first kappa shape index (κ1) is 14.9. The number of amides is 1. The van der Waals surface area contributed by atoms with Crippen LogP contribution < -0.4 is 5.32 Å². The van der Waals surface area contributed by atoms with Crippen LogP contribution >= 0.6 is 0 Å². The standard InChI is InChI=1S/C19H13N5O/c25-19(23-15-6-3-9-21-12-15)16-7-1-4-13-11-22-18(24-17(13)16)14-5-2-8-20-10-14/h1-12H,(H,23,25). The molecule has 120 valence electrons. The summed E-state index contributed by atoms with van der Waals surface area (Å²) in [4.78, 5) is 29.7. The van der Waals surface area contributed by atoms with Crippen LogP contribution in [0.3, 0.4) is 0 Å². The highest BCUT2D eigenvalue weighted by Crippen LogP contribution is 2.21. The van der Waals surface area contributed by atoms with Crippen LogP contribution in [0.15, 0.2) is 73.4 Å². The number of carbonyl (C=O) groups is 1. The molecule has 4 aromatic rings. The van der Waals surface area contributed by atoms with Crippen molar-refractivity contribution in [2.75, 3.05) is 5.32 Å². The van der Waals surface area contributed by atoms with Crippen LogP contribution in [0.25, 0.3) is 22.3 Å². The van der Waals surface area contributed by atoms with Gasteiger partial charge >= 0.3 is 0 Å². The summed E-state index contributed by atoms with van der Waals surface area (Å²) in [6.45, 7) is 0. The van der Waals surface area contributed by atoms with Gasteiger partial charge in [0.15, 0.2) is 5.82 Å². The van der Waals surface area contributed by atoms with E-state index in [1.165, 1.54) is 0 Å². The van der Waals surface area contributed by atoms with E-state index in [4.69, 9.17) is 0 Å². The molecule has 1 amide bonds. The summed E-state index contributed by atoms with van der Waals surface area (Å²) in [6, 6.07) is 12.7. The lowest BCUT2D eigenvalue weighted by Gasteiger charge is -2.08. The first-order chi connectivity index (χ1) is 12.3. The molecule has 0 aliphatic carbocycles. The predicted octanol–water partition coefficient (Wildman–Crippen LogP) is 3.34. The molecule has 6 nitrogen and oxygen atoms in total. The van der Waals surface area contributed by atoms with Gasteiger partial charge in [-0.05, 0) is 30.3 Å². The molecule has 0 unspecified atom stereocenters. The Labute approximate surface area is 143 Å². The molecule has 3 heterocycles. The lowest BCUT2D eigenvalue weighted by molar-refractivity contribution is 0.102. The van der Waals surface area contributed by atoms with E-state index in [-0.39, 0.29) is 5.91 Å². The molecule has 0 radical (unpaired) electrons. The number of hydrogen-bond donors (Lipinski definition) is 1. The van der Waals surface area contributed by atoms with Gasteiger partial charge in [0, 0.05) is 35.7 Å². The molecule has 0 bridgehead atoms. The van der Waals surface area contributed by atoms with Crippen LogP contribution in [0, 0.1) is 0 Å². The number of rotatable bonds is 3. The Morgan fingerprint density at radius 3 is 2.48 bits per heavy atom. The van der Waals surface area contributed by atoms with Crippen molar-refractivity contribution in [3.63, 3.8) is 0 Å². The van der Waals surface area contributed by atoms with Gasteiger partial charge in [-0.3, -0.25) is 14.8 Å². The smallest absolute Gasteiger partial charge is 0.257 e. The average Bonchev–Trinajstić information content (AvgIpc) is 2.68. The highest BCUT2D eigenvalue weighted by Gasteiger charge is 2.13. The number of nitrogens with one attached hydrogen (secondary N) is 1. The third-order valence-corrected chi connectivity index (χ3v) is 3.69. The van der Waals surface area contributed by atoms with Crippen molar-refractivity contribution in [1.29, 1.82) is 0 Å². The molecule has 0 atom stereocenters. The SMILES string of the molecule is O=C(Nc1cccnc1)c1cccc2cnc(-c3cccnc3)nc12. The lowest BCUT2D eigenvalue weighted by atomic mass is 10.1. The molecule has 0 spiro atoms. The Kier molecular flexibility index (Phi) is 3.84. The van der Waals surface area contributed by atoms with Crippen molar-refractivity contribution in [2.45, 2.75) is 0 Å². The van der Waals surface area contributed by atoms with Crippen molar-refractivity contribution in [2.24, 2.45) is 0 Å². The highest BCUT2D eigenvalue weighted by atomic mass is 16.1. The summed E-state index contributed by atoms with van der Waals surface area (Å²) in [7, 11) is 0. The monoisotopic (exact) mass is 327 g/mol. The van der Waals surface area contributed by atoms with E-state index in [1.54, 1.807) is 49.2 Å². The Hall–Kier alpha value is -3.67. The van der Waals surface area contributed by atoms with Crippen molar-refractivity contribution >= 4 is 22.5 Å². The first-order valence-electron chi connectivity index (χ1n) is 7.69. The van der Waals surface area contributed by atoms with Crippen LogP contribution in [0.4, 0.5) is 5.69 Å². The summed E-state index contributed by atoms with van der Waals surface area (Å²) in [5, 5.41) is 3.63. The van der Waals surface area contributed by atoms with Crippen molar-refractivity contribution in [1.82, 2.24) is 19.9 Å². The minimum absolute atomic E-state index is 0.241. The fraction of sp³-hybridized carbons (Fsp3) is 0. The maximum atomic E-state index is 12.7. The fourth-order valence-corrected chi connectivity index (χ4v) is 2.51. The van der Waals surface area contributed by atoms with Crippen LogP contribution in [0.2, 0.25) is 0 Å². The number of carbonyl (C=O) groups excluding carboxylic acids is 1. The summed E-state index contributed by atoms with van der Waals surface area (Å²) in [5.41, 5.74) is 2.50. The molecular formula is C19H13N5O. The van der Waals surface area contributed by atoms with Crippen LogP contribution in [-0.2, 0) is 0 Å². The topological polar surface area (TPSA) is 80.7 Å². The van der Waals surface area contributed by atoms with Crippen molar-refractivity contribution < 1.29 is 4.79 Å². The predicted molar refractivity (Wildman–Crippen MR) is 95.0 cm³/mol. The normalized spacial score (nSPS) is 10.6. The molecule has 6 heteroatoms. The molecule has 1 aromatic carbocycles. The zero-order chi connectivity index (χ0) is 17.1. The Bertz CT molecular complexity index is 1040. The third-order valence-electron chi connectivity index (χ3n) is 3.69. The second kappa shape index (κ2) is 6.45. The van der Waals surface area contributed by atoms with E-state index in [1.807, 2.05) is 24.3 Å². The summed E-state index contributed by atoms with van der Waals surface area (Å²) in [5.74, 6) is 0.289. The minimum atomic E-state index is -0.241. The van der Waals surface area contributed by atoms with Gasteiger partial charge in [0.2, 0.25) is 0 Å². The van der Waals surface area contributed by atoms with Crippen molar-refractivity contribution in [3.8, 4) is 11.4 Å². The maximum Gasteiger partial charge on any atom is 0.257 e. The van der Waals surface area contributed by atoms with Gasteiger partial charge in [-0.2, -0.15) is 0 Å². The van der Waals surface area contributed by atoms with Crippen LogP contribution in [0.1, 0.15) is 10.4 Å². The third kappa shape index (κ3) is 3.05. The zero-order valence-electron chi connectivity index (χ0n) is 13.1. The van der Waals surface area contributed by atoms with E-state index in [0.29, 0.717) is 22.6 Å². The molecule has 0 fully saturated rings. The number of fused-ring (bicyclic) bond motifs is 1. The van der Waals surface area contributed by atoms with Gasteiger partial charge in [-0.1, -0.05) is 12.1 Å². The first-order valence-corrected chi connectivity index (χ1v) is 7.69. The van der Waals surface area contributed by atoms with Gasteiger partial charge in [0.05, 0.1) is 23.0 Å². The van der Waals surface area contributed by atoms with E-state index >= 15 is 0 Å². The van der Waals surface area contributed by atoms with Crippen LogP contribution in [0.5, 0.6) is 0 Å². The largest absolute Gasteiger partial charge is 0.321 e. The molecule has 25 heavy (non-hydrogen) atoms. The van der Waals surface area contributed by atoms with Gasteiger partial charge in [-0.25, -0.2) is 9.97 Å². The second-order valence-corrected chi connectivity index (χ2v) is 5.37. The van der Waals surface area contributed by atoms with E-state index in [2.05, 4.69) is 25.3 Å². The second-order valence-electron chi connectivity index (χ2n) is 5.37. The summed E-state index contributed by atoms with van der Waals surface area (Å²) >= 11 is 0. The molecule has 0 aliphatic rings. The summed E-state index contributed by atoms with van der Waals surface area (Å²) in [6.07, 6.45) is 8.35. The summed E-state index contributed by atoms with van der Waals surface area (Å²) < 4.78 is 0. The maximum absolute atomic E-state index is 12.7. The quantitative estimate of drug-likeness (QED) is 0.624. The molecule has 0 saturated heterocycles. The average molecular weight is 327 g/mol. The van der Waals surface area contributed by atoms with E-state index in [0.717, 1.165) is 10.9 Å². The zero-order valence-corrected chi connectivity index (χ0v) is 13.1. The molecule has 1 N–H and O–H groups in total. The van der Waals surface area contributed by atoms with Crippen molar-refractivity contribution in [3.05, 3.63) is 79.0 Å². The Balaban J connectivity index is 1.77. The lowest BCUT2D eigenvalue weighted by Crippen LogP contribution is -2.13. The fourth-order valence-electron chi connectivity index (χ4n) is 2.51. The number of benzene rings is 1. The molecule has 3 aromatic heterocycles. The Morgan fingerprint density at radius 1 is 0.880 bits per heavy atom. The number of pyridine rings is 2. The number of para-hydroxylation sites is 1. The number of nitrogens with zero attached hydrogens (tertiary/aromatic N) is 4. The Morgan fingerprint density at radius 2 is 1.72 bits per heavy atom. The van der Waals surface area contributed by atoms with Gasteiger partial charge in [-0.15, -0.1) is 0 Å². The number of aromatic nitrogens is 4.